The summed E-state index contributed by atoms with van der Waals surface area (Å²) in [7, 11) is 1.74. The number of pyridine rings is 1. The molecule has 1 aliphatic carbocycles. The molecule has 2 unspecified atom stereocenters. The Hall–Kier alpha value is -4.28. The molecule has 2 aromatic carbocycles. The van der Waals surface area contributed by atoms with Crippen LogP contribution in [0, 0.1) is 16.0 Å². The molecule has 10 nitrogen and oxygen atoms in total. The zero-order valence-corrected chi connectivity index (χ0v) is 25.4. The first-order chi connectivity index (χ1) is 21.4. The number of nitrogens with zero attached hydrogens (tertiary/aromatic N) is 5. The number of piperazine rings is 1. The van der Waals surface area contributed by atoms with E-state index in [-0.39, 0.29) is 28.5 Å². The largest absolute Gasteiger partial charge is 0.494 e. The second-order valence-electron chi connectivity index (χ2n) is 11.6. The minimum atomic E-state index is -0.375. The Kier molecular flexibility index (Phi) is 8.90. The van der Waals surface area contributed by atoms with Crippen molar-refractivity contribution < 1.29 is 19.2 Å². The molecule has 1 aliphatic heterocycles. The summed E-state index contributed by atoms with van der Waals surface area (Å²) in [5.41, 5.74) is 5.23. The van der Waals surface area contributed by atoms with Crippen molar-refractivity contribution in [2.45, 2.75) is 45.3 Å². The van der Waals surface area contributed by atoms with Gasteiger partial charge in [-0.1, -0.05) is 30.7 Å². The van der Waals surface area contributed by atoms with Gasteiger partial charge in [-0.05, 0) is 61.6 Å². The van der Waals surface area contributed by atoms with Crippen LogP contribution in [0.25, 0.3) is 28.0 Å². The molecular weight excluding hydrogens is 558 g/mol. The van der Waals surface area contributed by atoms with E-state index in [0.717, 1.165) is 72.7 Å². The van der Waals surface area contributed by atoms with E-state index in [0.29, 0.717) is 31.8 Å². The predicted molar refractivity (Wildman–Crippen MR) is 168 cm³/mol. The predicted octanol–water partition coefficient (Wildman–Crippen LogP) is 5.82. The number of imidazole rings is 1. The lowest BCUT2D eigenvalue weighted by molar-refractivity contribution is -0.384. The van der Waals surface area contributed by atoms with E-state index in [9.17, 15) is 14.9 Å². The number of hydrogen-bond acceptors (Lipinski definition) is 7. The fourth-order valence-corrected chi connectivity index (χ4v) is 6.52. The molecule has 10 heteroatoms. The molecule has 0 bridgehead atoms. The maximum absolute atomic E-state index is 13.4. The van der Waals surface area contributed by atoms with Crippen molar-refractivity contribution in [2.24, 2.45) is 5.92 Å². The molecule has 0 spiro atoms. The summed E-state index contributed by atoms with van der Waals surface area (Å²) in [6, 6.07) is 18.7. The van der Waals surface area contributed by atoms with Gasteiger partial charge >= 0.3 is 0 Å². The molecule has 6 rings (SSSR count). The average molecular weight is 598 g/mol. The molecule has 2 fully saturated rings. The maximum Gasteiger partial charge on any atom is 0.270 e. The van der Waals surface area contributed by atoms with Crippen molar-refractivity contribution >= 4 is 17.2 Å². The molecule has 44 heavy (non-hydrogen) atoms. The van der Waals surface area contributed by atoms with Crippen molar-refractivity contribution in [1.29, 1.82) is 0 Å². The zero-order chi connectivity index (χ0) is 30.6. The first kappa shape index (κ1) is 29.8. The van der Waals surface area contributed by atoms with Gasteiger partial charge in [0.1, 0.15) is 11.4 Å². The molecular formula is C34H39N5O5. The van der Waals surface area contributed by atoms with E-state index in [1.807, 2.05) is 48.2 Å². The minimum Gasteiger partial charge on any atom is -0.494 e. The zero-order valence-electron chi connectivity index (χ0n) is 25.4. The van der Waals surface area contributed by atoms with Crippen LogP contribution in [0.15, 0.2) is 66.9 Å². The van der Waals surface area contributed by atoms with Gasteiger partial charge in [0.25, 0.3) is 5.69 Å². The van der Waals surface area contributed by atoms with Crippen molar-refractivity contribution in [1.82, 2.24) is 19.2 Å². The molecule has 0 N–H and O–H groups in total. The molecule has 1 amide bonds. The number of rotatable bonds is 9. The number of ether oxygens (including phenoxy) is 2. The van der Waals surface area contributed by atoms with Crippen LogP contribution in [-0.4, -0.2) is 76.0 Å². The monoisotopic (exact) mass is 597 g/mol. The second-order valence-corrected chi connectivity index (χ2v) is 11.6. The first-order valence-corrected chi connectivity index (χ1v) is 15.5. The SMILES string of the molecule is CCOc1cccc(-c2ccc3nc(-c4cccc([N+](=O)[O-])c4)c(CN4CCN(C(=O)C5CCCC(OC)C5)CC4)n3c2)c1. The lowest BCUT2D eigenvalue weighted by atomic mass is 9.86. The van der Waals surface area contributed by atoms with Gasteiger partial charge in [-0.3, -0.25) is 19.8 Å². The van der Waals surface area contributed by atoms with Gasteiger partial charge in [0.05, 0.1) is 29.0 Å². The van der Waals surface area contributed by atoms with Crippen LogP contribution < -0.4 is 4.74 Å². The van der Waals surface area contributed by atoms with E-state index in [2.05, 4.69) is 21.6 Å². The number of non-ortho nitro benzene ring substituents is 1. The lowest BCUT2D eigenvalue weighted by Crippen LogP contribution is -2.50. The molecule has 230 valence electrons. The topological polar surface area (TPSA) is 102 Å². The van der Waals surface area contributed by atoms with E-state index >= 15 is 0 Å². The van der Waals surface area contributed by atoms with Gasteiger partial charge in [-0.15, -0.1) is 0 Å². The molecule has 2 aromatic heterocycles. The van der Waals surface area contributed by atoms with E-state index < -0.39 is 0 Å². The Morgan fingerprint density at radius 3 is 2.57 bits per heavy atom. The molecule has 2 atom stereocenters. The number of nitro groups is 1. The summed E-state index contributed by atoms with van der Waals surface area (Å²) in [6.07, 6.45) is 6.05. The maximum atomic E-state index is 13.4. The van der Waals surface area contributed by atoms with Crippen LogP contribution >= 0.6 is 0 Å². The number of carbonyl (C=O) groups is 1. The van der Waals surface area contributed by atoms with Crippen LogP contribution in [0.1, 0.15) is 38.3 Å². The number of amides is 1. The molecule has 1 saturated heterocycles. The summed E-state index contributed by atoms with van der Waals surface area (Å²) < 4.78 is 13.4. The first-order valence-electron chi connectivity index (χ1n) is 15.5. The number of carbonyl (C=O) groups excluding carboxylic acids is 1. The summed E-state index contributed by atoms with van der Waals surface area (Å²) in [5.74, 6) is 1.10. The third kappa shape index (κ3) is 6.32. The Morgan fingerprint density at radius 1 is 1.00 bits per heavy atom. The molecule has 0 radical (unpaired) electrons. The number of nitro benzene ring substituents is 1. The van der Waals surface area contributed by atoms with Gasteiger partial charge in [0, 0.05) is 69.6 Å². The van der Waals surface area contributed by atoms with Crippen molar-refractivity contribution in [3.05, 3.63) is 82.7 Å². The summed E-state index contributed by atoms with van der Waals surface area (Å²) in [4.78, 5) is 33.9. The minimum absolute atomic E-state index is 0.0319. The highest BCUT2D eigenvalue weighted by Gasteiger charge is 2.32. The van der Waals surface area contributed by atoms with Gasteiger partial charge in [-0.25, -0.2) is 4.98 Å². The summed E-state index contributed by atoms with van der Waals surface area (Å²) in [5, 5.41) is 11.6. The Balaban J connectivity index is 1.29. The fraction of sp³-hybridized carbons (Fsp3) is 0.412. The third-order valence-corrected chi connectivity index (χ3v) is 8.89. The quantitative estimate of drug-likeness (QED) is 0.177. The van der Waals surface area contributed by atoms with Crippen molar-refractivity contribution in [3.8, 4) is 28.1 Å². The summed E-state index contributed by atoms with van der Waals surface area (Å²) in [6.45, 7) is 5.98. The van der Waals surface area contributed by atoms with Crippen LogP contribution in [0.4, 0.5) is 5.69 Å². The van der Waals surface area contributed by atoms with Crippen LogP contribution in [0.5, 0.6) is 5.75 Å². The Morgan fingerprint density at radius 2 is 1.80 bits per heavy atom. The van der Waals surface area contributed by atoms with Gasteiger partial charge in [-0.2, -0.15) is 0 Å². The van der Waals surface area contributed by atoms with Gasteiger partial charge in [0.15, 0.2) is 0 Å². The van der Waals surface area contributed by atoms with Crippen molar-refractivity contribution in [3.63, 3.8) is 0 Å². The normalized spacial score (nSPS) is 19.3. The molecule has 2 aliphatic rings. The average Bonchev–Trinajstić information content (AvgIpc) is 3.42. The third-order valence-electron chi connectivity index (χ3n) is 8.89. The number of hydrogen-bond donors (Lipinski definition) is 0. The number of methoxy groups -OCH3 is 1. The second kappa shape index (κ2) is 13.2. The van der Waals surface area contributed by atoms with Crippen LogP contribution in [0.2, 0.25) is 0 Å². The molecule has 4 aromatic rings. The Labute approximate surface area is 257 Å². The smallest absolute Gasteiger partial charge is 0.270 e. The summed E-state index contributed by atoms with van der Waals surface area (Å²) >= 11 is 0. The number of aromatic nitrogens is 2. The highest BCUT2D eigenvalue weighted by atomic mass is 16.6. The van der Waals surface area contributed by atoms with E-state index in [4.69, 9.17) is 14.5 Å². The lowest BCUT2D eigenvalue weighted by Gasteiger charge is -2.38. The van der Waals surface area contributed by atoms with Crippen LogP contribution in [0.3, 0.4) is 0 Å². The van der Waals surface area contributed by atoms with E-state index in [1.54, 1.807) is 19.2 Å². The van der Waals surface area contributed by atoms with Crippen LogP contribution in [-0.2, 0) is 16.1 Å². The van der Waals surface area contributed by atoms with Crippen molar-refractivity contribution in [2.75, 3.05) is 39.9 Å². The standard InChI is InChI=1S/C34H39N5O5/c1-3-44-30-12-5-7-24(20-30)27-13-14-32-35-33(25-8-4-10-28(19-25)39(41)42)31(38(32)22-27)23-36-15-17-37(18-16-36)34(40)26-9-6-11-29(21-26)43-2/h4-5,7-8,10,12-14,19-20,22,26,29H,3,6,9,11,15-18,21,23H2,1-2H3. The highest BCUT2D eigenvalue weighted by molar-refractivity contribution is 5.79. The molecule has 1 saturated carbocycles. The van der Waals surface area contributed by atoms with Gasteiger partial charge < -0.3 is 18.8 Å². The number of benzene rings is 2. The molecule has 3 heterocycles. The Bertz CT molecular complexity index is 1640. The van der Waals surface area contributed by atoms with Gasteiger partial charge in [0.2, 0.25) is 5.91 Å². The van der Waals surface area contributed by atoms with E-state index in [1.165, 1.54) is 6.07 Å². The highest BCUT2D eigenvalue weighted by Crippen LogP contribution is 2.32. The fourth-order valence-electron chi connectivity index (χ4n) is 6.52. The number of fused-ring (bicyclic) bond motifs is 1.